The Balaban J connectivity index is 0.000000153. The van der Waals surface area contributed by atoms with E-state index in [1.165, 1.54) is 35.5 Å². The largest absolute Gasteiger partial charge is 0.486 e. The zero-order chi connectivity index (χ0) is 79.3. The SMILES string of the molecule is CC(C)(C)OC(=O)N1CCc2c(N)cccc2C1.CC(C)N1CCOc2c(F)cc(-c3nc(Cc4cccc5c4CCN(C(=O)OC(C)(C)C)C5)ncc3F)cc21.CC(C)N1CCOc2c(F)cc(-c3nc(Cc4cccc5c4CCNC5)ncc3F)cc21.CC(C)N1CCOc2c(F)cc(-c3nc(Cl)ncc3F)cc21.Cl. The van der Waals surface area contributed by atoms with Crippen molar-refractivity contribution in [2.45, 2.75) is 164 Å². The van der Waals surface area contributed by atoms with Gasteiger partial charge in [0.1, 0.15) is 59.8 Å². The Bertz CT molecular complexity index is 4930. The van der Waals surface area contributed by atoms with Gasteiger partial charge in [-0.05, 0) is 207 Å². The van der Waals surface area contributed by atoms with E-state index < -0.39 is 46.1 Å². The average Bonchev–Trinajstić information content (AvgIpc) is 0.748. The highest BCUT2D eigenvalue weighted by Crippen LogP contribution is 2.43. The number of carbonyl (C=O) groups is 2. The molecule has 20 nitrogen and oxygen atoms in total. The Kier molecular flexibility index (Phi) is 26.0. The number of hydrogen-bond donors (Lipinski definition) is 2. The fraction of sp³-hybridized carbons (Fsp3) is 0.405. The molecule has 594 valence electrons. The van der Waals surface area contributed by atoms with Crippen LogP contribution in [-0.2, 0) is 61.2 Å². The minimum Gasteiger partial charge on any atom is -0.486 e. The molecule has 2 amide bonds. The lowest BCUT2D eigenvalue weighted by molar-refractivity contribution is 0.0214. The number of rotatable bonds is 10. The van der Waals surface area contributed by atoms with Crippen molar-refractivity contribution in [1.29, 1.82) is 0 Å². The van der Waals surface area contributed by atoms with Gasteiger partial charge in [0.25, 0.3) is 0 Å². The Morgan fingerprint density at radius 3 is 1.29 bits per heavy atom. The van der Waals surface area contributed by atoms with Crippen molar-refractivity contribution in [1.82, 2.24) is 45.0 Å². The van der Waals surface area contributed by atoms with E-state index in [1.807, 2.05) is 135 Å². The van der Waals surface area contributed by atoms with Crippen LogP contribution in [0.15, 0.2) is 110 Å². The Morgan fingerprint density at radius 1 is 0.500 bits per heavy atom. The zero-order valence-corrected chi connectivity index (χ0v) is 66.6. The molecule has 6 aliphatic heterocycles. The third-order valence-electron chi connectivity index (χ3n) is 19.6. The van der Waals surface area contributed by atoms with Gasteiger partial charge in [0.05, 0.1) is 55.3 Å². The van der Waals surface area contributed by atoms with Gasteiger partial charge in [-0.1, -0.05) is 48.5 Å². The molecule has 0 aliphatic carbocycles. The molecule has 3 aromatic heterocycles. The summed E-state index contributed by atoms with van der Waals surface area (Å²) < 4.78 is 115. The number of nitrogens with zero attached hydrogens (tertiary/aromatic N) is 11. The maximum absolute atomic E-state index is 15.0. The van der Waals surface area contributed by atoms with Crippen molar-refractivity contribution in [3.8, 4) is 51.0 Å². The summed E-state index contributed by atoms with van der Waals surface area (Å²) in [7, 11) is 0. The molecule has 0 fully saturated rings. The van der Waals surface area contributed by atoms with Crippen LogP contribution in [0, 0.1) is 34.9 Å². The molecule has 9 heterocycles. The first-order valence-corrected chi connectivity index (χ1v) is 37.9. The first kappa shape index (κ1) is 82.8. The molecule has 28 heteroatoms. The molecule has 9 aromatic rings. The first-order valence-electron chi connectivity index (χ1n) is 37.5. The predicted octanol–water partition coefficient (Wildman–Crippen LogP) is 16.8. The maximum Gasteiger partial charge on any atom is 0.410 e. The molecule has 0 unspecified atom stereocenters. The van der Waals surface area contributed by atoms with E-state index in [0.29, 0.717) is 130 Å². The molecule has 0 bridgehead atoms. The molecule has 0 saturated carbocycles. The van der Waals surface area contributed by atoms with Crippen molar-refractivity contribution in [2.75, 3.05) is 79.5 Å². The minimum atomic E-state index is -0.656. The predicted molar refractivity (Wildman–Crippen MR) is 424 cm³/mol. The number of halogens is 8. The lowest BCUT2D eigenvalue weighted by Gasteiger charge is -2.34. The number of hydrogen-bond acceptors (Lipinski definition) is 18. The summed E-state index contributed by atoms with van der Waals surface area (Å²) in [6, 6.07) is 27.4. The highest BCUT2D eigenvalue weighted by molar-refractivity contribution is 6.28. The molecule has 0 atom stereocenters. The van der Waals surface area contributed by atoms with Crippen LogP contribution >= 0.6 is 24.0 Å². The van der Waals surface area contributed by atoms with Crippen LogP contribution in [-0.4, -0.2) is 140 Å². The normalized spacial score (nSPS) is 14.8. The maximum atomic E-state index is 15.0. The minimum absolute atomic E-state index is 0. The average molecular weight is 1580 g/mol. The third-order valence-corrected chi connectivity index (χ3v) is 19.8. The number of nitrogens with one attached hydrogen (secondary N) is 1. The van der Waals surface area contributed by atoms with E-state index in [9.17, 15) is 31.5 Å². The van der Waals surface area contributed by atoms with E-state index in [1.54, 1.807) is 28.0 Å². The van der Waals surface area contributed by atoms with Gasteiger partial charge >= 0.3 is 12.2 Å². The van der Waals surface area contributed by atoms with Crippen LogP contribution < -0.4 is 40.0 Å². The van der Waals surface area contributed by atoms with Crippen molar-refractivity contribution in [3.63, 3.8) is 0 Å². The van der Waals surface area contributed by atoms with Crippen molar-refractivity contribution < 1.29 is 59.6 Å². The van der Waals surface area contributed by atoms with Crippen LogP contribution in [0.4, 0.5) is 58.7 Å². The number of anilines is 4. The molecular formula is C84H95Cl2F6N13O7. The number of benzene rings is 6. The van der Waals surface area contributed by atoms with Gasteiger partial charge in [-0.15, -0.1) is 12.4 Å². The standard InChI is InChI=1S/C30H34F2N4O3.C25H26F2N4O.C15H14ClF2N3O.C14H20N2O2.ClH/c1-18(2)36-11-12-38-28-23(31)13-21(14-25(28)36)27-24(32)16-33-26(34-27)15-19-7-6-8-20-17-35(10-9-22(19)20)29(37)39-30(3,4)5;1-15(2)31-8-9-32-25-20(26)10-18(11-22(25)31)24-21(27)14-29-23(30-24)12-16-4-3-5-17-13-28-7-6-19(16)17;1-8(2)21-3-4-22-14-10(17)5-9(6-12(14)21)13-11(18)7-19-15(16)20-13;1-14(2,3)18-13(17)16-8-7-11-10(9-16)5-4-6-12(11)15;/h6-8,13-14,16,18H,9-12,15,17H2,1-5H3;3-5,10-11,14-15,28H,6-9,12-13H2,1-2H3;5-8H,3-4H2,1-2H3;4-6H,7-9,15H2,1-3H3;1H. The molecule has 15 rings (SSSR count). The highest BCUT2D eigenvalue weighted by Gasteiger charge is 2.33. The second-order valence-corrected chi connectivity index (χ2v) is 31.1. The molecule has 0 radical (unpaired) electrons. The Labute approximate surface area is 660 Å². The smallest absolute Gasteiger partial charge is 0.410 e. The molecule has 0 saturated heterocycles. The Hall–Kier alpha value is -10.2. The second kappa shape index (κ2) is 35.2. The van der Waals surface area contributed by atoms with Crippen molar-refractivity contribution in [2.24, 2.45) is 0 Å². The van der Waals surface area contributed by atoms with E-state index in [-0.39, 0.29) is 82.3 Å². The molecule has 0 spiro atoms. The van der Waals surface area contributed by atoms with Gasteiger partial charge in [0.15, 0.2) is 52.2 Å². The molecule has 6 aromatic carbocycles. The van der Waals surface area contributed by atoms with Gasteiger partial charge in [-0.2, -0.15) is 0 Å². The van der Waals surface area contributed by atoms with Crippen LogP contribution in [0.3, 0.4) is 0 Å². The topological polar surface area (TPSA) is 212 Å². The summed E-state index contributed by atoms with van der Waals surface area (Å²) in [5, 5.41) is 3.29. The van der Waals surface area contributed by atoms with Gasteiger partial charge in [0, 0.05) is 86.1 Å². The van der Waals surface area contributed by atoms with Gasteiger partial charge < -0.3 is 59.2 Å². The summed E-state index contributed by atoms with van der Waals surface area (Å²) >= 11 is 5.71. The summed E-state index contributed by atoms with van der Waals surface area (Å²) in [5.74, 6) is -1.90. The van der Waals surface area contributed by atoms with Crippen LogP contribution in [0.1, 0.15) is 139 Å². The fourth-order valence-electron chi connectivity index (χ4n) is 14.4. The van der Waals surface area contributed by atoms with Gasteiger partial charge in [0.2, 0.25) is 5.28 Å². The quantitative estimate of drug-likeness (QED) is 0.0740. The van der Waals surface area contributed by atoms with E-state index in [4.69, 9.17) is 41.0 Å². The van der Waals surface area contributed by atoms with Crippen LogP contribution in [0.5, 0.6) is 17.2 Å². The van der Waals surface area contributed by atoms with E-state index >= 15 is 4.39 Å². The zero-order valence-electron chi connectivity index (χ0n) is 65.1. The number of nitrogens with two attached hydrogens (primary N) is 1. The van der Waals surface area contributed by atoms with Crippen LogP contribution in [0.2, 0.25) is 5.28 Å². The van der Waals surface area contributed by atoms with E-state index in [0.717, 1.165) is 77.4 Å². The molecular weight excluding hydrogens is 1490 g/mol. The Morgan fingerprint density at radius 2 is 0.875 bits per heavy atom. The molecule has 112 heavy (non-hydrogen) atoms. The first-order chi connectivity index (χ1) is 52.8. The number of carbonyl (C=O) groups excluding carboxylic acids is 2. The fourth-order valence-corrected chi connectivity index (χ4v) is 14.6. The highest BCUT2D eigenvalue weighted by atomic mass is 35.5. The van der Waals surface area contributed by atoms with Gasteiger partial charge in [-0.3, -0.25) is 0 Å². The summed E-state index contributed by atoms with van der Waals surface area (Å²) in [6.07, 6.45) is 6.01. The number of aromatic nitrogens is 6. The monoisotopic (exact) mass is 1580 g/mol. The summed E-state index contributed by atoms with van der Waals surface area (Å²) in [4.78, 5) is 59.1. The number of fused-ring (bicyclic) bond motifs is 6. The third kappa shape index (κ3) is 19.5. The van der Waals surface area contributed by atoms with Crippen molar-refractivity contribution >= 4 is 58.9 Å². The molecule has 3 N–H and O–H groups in total. The second-order valence-electron chi connectivity index (χ2n) is 30.8. The number of ether oxygens (including phenoxy) is 5. The van der Waals surface area contributed by atoms with Gasteiger partial charge in [-0.25, -0.2) is 65.8 Å². The lowest BCUT2D eigenvalue weighted by atomic mass is 9.93. The van der Waals surface area contributed by atoms with E-state index in [2.05, 4.69) is 52.3 Å². The number of amides is 2. The summed E-state index contributed by atoms with van der Waals surface area (Å²) in [5.41, 5.74) is 17.9. The lowest BCUT2D eigenvalue weighted by Crippen LogP contribution is -2.40. The van der Waals surface area contributed by atoms with Crippen LogP contribution in [0.25, 0.3) is 33.8 Å². The van der Waals surface area contributed by atoms with Crippen molar-refractivity contribution in [3.05, 3.63) is 206 Å². The molecule has 6 aliphatic rings. The number of nitrogen functional groups attached to an aromatic ring is 1. The summed E-state index contributed by atoms with van der Waals surface area (Å²) in [6.45, 7) is 30.5.